The van der Waals surface area contributed by atoms with E-state index in [2.05, 4.69) is 10.6 Å². The molecule has 2 rings (SSSR count). The zero-order valence-corrected chi connectivity index (χ0v) is 12.7. The van der Waals surface area contributed by atoms with E-state index in [9.17, 15) is 9.90 Å². The average molecular weight is 290 g/mol. The van der Waals surface area contributed by atoms with Gasteiger partial charge in [-0.1, -0.05) is 49.6 Å². The first-order chi connectivity index (χ1) is 10.2. The number of benzene rings is 1. The molecule has 1 aromatic carbocycles. The molecule has 4 heteroatoms. The van der Waals surface area contributed by atoms with E-state index < -0.39 is 6.10 Å². The summed E-state index contributed by atoms with van der Waals surface area (Å²) in [5.74, 6) is 0.0298. The van der Waals surface area contributed by atoms with Gasteiger partial charge in [0, 0.05) is 12.6 Å². The van der Waals surface area contributed by atoms with Gasteiger partial charge in [-0.05, 0) is 25.3 Å². The van der Waals surface area contributed by atoms with Crippen LogP contribution < -0.4 is 10.6 Å². The predicted octanol–water partition coefficient (Wildman–Crippen LogP) is 2.15. The highest BCUT2D eigenvalue weighted by atomic mass is 16.3. The molecule has 1 aliphatic carbocycles. The van der Waals surface area contributed by atoms with Gasteiger partial charge in [0.05, 0.1) is 12.1 Å². The number of aliphatic hydroxyl groups excluding tert-OH is 1. The fourth-order valence-electron chi connectivity index (χ4n) is 2.75. The minimum absolute atomic E-state index is 0.0298. The lowest BCUT2D eigenvalue weighted by atomic mass is 9.95. The van der Waals surface area contributed by atoms with E-state index in [1.165, 1.54) is 19.3 Å². The Morgan fingerprint density at radius 2 is 1.90 bits per heavy atom. The quantitative estimate of drug-likeness (QED) is 0.752. The molecule has 2 atom stereocenters. The van der Waals surface area contributed by atoms with Crippen LogP contribution in [0, 0.1) is 0 Å². The molecular weight excluding hydrogens is 264 g/mol. The fourth-order valence-corrected chi connectivity index (χ4v) is 2.75. The smallest absolute Gasteiger partial charge is 0.237 e. The topological polar surface area (TPSA) is 61.4 Å². The number of carbonyl (C=O) groups is 1. The summed E-state index contributed by atoms with van der Waals surface area (Å²) in [6.07, 6.45) is 5.29. The van der Waals surface area contributed by atoms with Gasteiger partial charge in [-0.3, -0.25) is 4.79 Å². The van der Waals surface area contributed by atoms with Gasteiger partial charge in [-0.2, -0.15) is 0 Å². The predicted molar refractivity (Wildman–Crippen MR) is 83.9 cm³/mol. The summed E-state index contributed by atoms with van der Waals surface area (Å²) in [6.45, 7) is 2.22. The van der Waals surface area contributed by atoms with Crippen LogP contribution in [-0.4, -0.2) is 29.6 Å². The van der Waals surface area contributed by atoms with E-state index in [0.717, 1.165) is 18.4 Å². The summed E-state index contributed by atoms with van der Waals surface area (Å²) in [6, 6.07) is 9.54. The van der Waals surface area contributed by atoms with Crippen LogP contribution in [-0.2, 0) is 4.79 Å². The van der Waals surface area contributed by atoms with Gasteiger partial charge in [0.15, 0.2) is 0 Å². The minimum Gasteiger partial charge on any atom is -0.387 e. The SMILES string of the molecule is CC(NCC(O)c1ccccc1)C(=O)NC1CCCCC1. The molecule has 21 heavy (non-hydrogen) atoms. The van der Waals surface area contributed by atoms with Crippen molar-refractivity contribution >= 4 is 5.91 Å². The van der Waals surface area contributed by atoms with Gasteiger partial charge < -0.3 is 15.7 Å². The van der Waals surface area contributed by atoms with E-state index in [4.69, 9.17) is 0 Å². The molecule has 0 aromatic heterocycles. The van der Waals surface area contributed by atoms with Crippen LogP contribution >= 0.6 is 0 Å². The molecule has 1 aromatic rings. The first-order valence-electron chi connectivity index (χ1n) is 7.93. The van der Waals surface area contributed by atoms with E-state index in [0.29, 0.717) is 12.6 Å². The lowest BCUT2D eigenvalue weighted by Crippen LogP contribution is -2.47. The van der Waals surface area contributed by atoms with Crippen LogP contribution in [0.3, 0.4) is 0 Å². The number of hydrogen-bond acceptors (Lipinski definition) is 3. The Hall–Kier alpha value is -1.39. The Labute approximate surface area is 126 Å². The zero-order valence-electron chi connectivity index (χ0n) is 12.7. The molecule has 1 fully saturated rings. The molecule has 1 aliphatic rings. The second-order valence-electron chi connectivity index (χ2n) is 5.90. The van der Waals surface area contributed by atoms with E-state index >= 15 is 0 Å². The van der Waals surface area contributed by atoms with Crippen molar-refractivity contribution in [2.45, 2.75) is 57.2 Å². The first kappa shape index (κ1) is 16.0. The second kappa shape index (κ2) is 8.15. The van der Waals surface area contributed by atoms with Crippen LogP contribution in [0.1, 0.15) is 50.7 Å². The summed E-state index contributed by atoms with van der Waals surface area (Å²) in [4.78, 5) is 12.1. The number of rotatable bonds is 6. The van der Waals surface area contributed by atoms with Gasteiger partial charge in [-0.15, -0.1) is 0 Å². The van der Waals surface area contributed by atoms with Crippen molar-refractivity contribution in [2.75, 3.05) is 6.54 Å². The molecule has 3 N–H and O–H groups in total. The van der Waals surface area contributed by atoms with Crippen LogP contribution in [0.4, 0.5) is 0 Å². The second-order valence-corrected chi connectivity index (χ2v) is 5.90. The number of aliphatic hydroxyl groups is 1. The maximum absolute atomic E-state index is 12.1. The summed E-state index contributed by atoms with van der Waals surface area (Å²) in [5, 5.41) is 16.3. The molecule has 0 spiro atoms. The Kier molecular flexibility index (Phi) is 6.21. The maximum atomic E-state index is 12.1. The van der Waals surface area contributed by atoms with Gasteiger partial charge in [0.1, 0.15) is 0 Å². The molecule has 116 valence electrons. The van der Waals surface area contributed by atoms with Crippen LogP contribution in [0.25, 0.3) is 0 Å². The van der Waals surface area contributed by atoms with Crippen molar-refractivity contribution < 1.29 is 9.90 Å². The van der Waals surface area contributed by atoms with E-state index in [1.54, 1.807) is 0 Å². The average Bonchev–Trinajstić information content (AvgIpc) is 2.54. The number of nitrogens with one attached hydrogen (secondary N) is 2. The van der Waals surface area contributed by atoms with Gasteiger partial charge in [0.2, 0.25) is 5.91 Å². The van der Waals surface area contributed by atoms with Crippen LogP contribution in [0.2, 0.25) is 0 Å². The Bertz CT molecular complexity index is 430. The Balaban J connectivity index is 1.73. The third kappa shape index (κ3) is 5.14. The highest BCUT2D eigenvalue weighted by Gasteiger charge is 2.20. The van der Waals surface area contributed by atoms with Crippen LogP contribution in [0.15, 0.2) is 30.3 Å². The highest BCUT2D eigenvalue weighted by Crippen LogP contribution is 2.17. The zero-order chi connectivity index (χ0) is 15.1. The molecule has 2 unspecified atom stereocenters. The third-order valence-corrected chi connectivity index (χ3v) is 4.15. The van der Waals surface area contributed by atoms with Crippen molar-refractivity contribution in [2.24, 2.45) is 0 Å². The minimum atomic E-state index is -0.587. The normalized spacial score (nSPS) is 19.0. The number of carbonyl (C=O) groups excluding carboxylic acids is 1. The Morgan fingerprint density at radius 3 is 2.57 bits per heavy atom. The molecule has 1 amide bonds. The van der Waals surface area contributed by atoms with Crippen molar-refractivity contribution in [3.63, 3.8) is 0 Å². The molecule has 0 heterocycles. The van der Waals surface area contributed by atoms with Gasteiger partial charge in [-0.25, -0.2) is 0 Å². The molecule has 1 saturated carbocycles. The van der Waals surface area contributed by atoms with E-state index in [1.807, 2.05) is 37.3 Å². The number of hydrogen-bond donors (Lipinski definition) is 3. The monoisotopic (exact) mass is 290 g/mol. The fraction of sp³-hybridized carbons (Fsp3) is 0.588. The molecule has 4 nitrogen and oxygen atoms in total. The van der Waals surface area contributed by atoms with Crippen molar-refractivity contribution in [1.82, 2.24) is 10.6 Å². The van der Waals surface area contributed by atoms with Gasteiger partial charge in [0.25, 0.3) is 0 Å². The molecule has 0 bridgehead atoms. The summed E-state index contributed by atoms with van der Waals surface area (Å²) in [7, 11) is 0. The van der Waals surface area contributed by atoms with Crippen molar-refractivity contribution in [3.8, 4) is 0 Å². The first-order valence-corrected chi connectivity index (χ1v) is 7.93. The largest absolute Gasteiger partial charge is 0.387 e. The standard InChI is InChI=1S/C17H26N2O2/c1-13(17(21)19-15-10-6-3-7-11-15)18-12-16(20)14-8-4-2-5-9-14/h2,4-5,8-9,13,15-16,18,20H,3,6-7,10-12H2,1H3,(H,19,21). The summed E-state index contributed by atoms with van der Waals surface area (Å²) >= 11 is 0. The molecule has 0 radical (unpaired) electrons. The highest BCUT2D eigenvalue weighted by molar-refractivity contribution is 5.81. The number of amides is 1. The van der Waals surface area contributed by atoms with Crippen molar-refractivity contribution in [3.05, 3.63) is 35.9 Å². The molecule has 0 saturated heterocycles. The molecular formula is C17H26N2O2. The third-order valence-electron chi connectivity index (χ3n) is 4.15. The molecule has 0 aliphatic heterocycles. The maximum Gasteiger partial charge on any atom is 0.237 e. The lowest BCUT2D eigenvalue weighted by Gasteiger charge is -2.25. The van der Waals surface area contributed by atoms with E-state index in [-0.39, 0.29) is 11.9 Å². The van der Waals surface area contributed by atoms with Gasteiger partial charge >= 0.3 is 0 Å². The van der Waals surface area contributed by atoms with Crippen LogP contribution in [0.5, 0.6) is 0 Å². The lowest BCUT2D eigenvalue weighted by molar-refractivity contribution is -0.123. The summed E-state index contributed by atoms with van der Waals surface area (Å²) < 4.78 is 0. The van der Waals surface area contributed by atoms with Crippen molar-refractivity contribution in [1.29, 1.82) is 0 Å². The summed E-state index contributed by atoms with van der Waals surface area (Å²) in [5.41, 5.74) is 0.866. The Morgan fingerprint density at radius 1 is 1.24 bits per heavy atom.